The number of H-pyrrole nitrogens is 1. The summed E-state index contributed by atoms with van der Waals surface area (Å²) >= 11 is 0. The van der Waals surface area contributed by atoms with Crippen LogP contribution >= 0.6 is 0 Å². The molecular formula is C14H20N2O2. The summed E-state index contributed by atoms with van der Waals surface area (Å²) < 4.78 is 5.19. The van der Waals surface area contributed by atoms with Crippen LogP contribution in [0.2, 0.25) is 0 Å². The Morgan fingerprint density at radius 1 is 1.22 bits per heavy atom. The van der Waals surface area contributed by atoms with Crippen molar-refractivity contribution >= 4 is 10.9 Å². The molecule has 18 heavy (non-hydrogen) atoms. The molecule has 0 aliphatic rings. The molecule has 0 amide bonds. The first-order valence-corrected chi connectivity index (χ1v) is 6.35. The maximum Gasteiger partial charge on any atom is 0.0697 e. The Labute approximate surface area is 107 Å². The van der Waals surface area contributed by atoms with E-state index < -0.39 is 0 Å². The van der Waals surface area contributed by atoms with Gasteiger partial charge in [-0.3, -0.25) is 0 Å². The fraction of sp³-hybridized carbons (Fsp3) is 0.429. The molecule has 0 saturated heterocycles. The Morgan fingerprint density at radius 2 is 2.17 bits per heavy atom. The van der Waals surface area contributed by atoms with Gasteiger partial charge in [0.2, 0.25) is 0 Å². The van der Waals surface area contributed by atoms with Crippen LogP contribution in [0.1, 0.15) is 12.0 Å². The molecule has 0 bridgehead atoms. The zero-order valence-electron chi connectivity index (χ0n) is 10.5. The van der Waals surface area contributed by atoms with E-state index in [0.29, 0.717) is 13.2 Å². The second kappa shape index (κ2) is 7.16. The Balaban J connectivity index is 1.67. The molecule has 2 rings (SSSR count). The average Bonchev–Trinajstić information content (AvgIpc) is 2.85. The highest BCUT2D eigenvalue weighted by molar-refractivity contribution is 5.79. The van der Waals surface area contributed by atoms with Gasteiger partial charge in [0.25, 0.3) is 0 Å². The summed E-state index contributed by atoms with van der Waals surface area (Å²) in [5.41, 5.74) is 2.47. The number of fused-ring (bicyclic) bond motifs is 1. The van der Waals surface area contributed by atoms with Crippen LogP contribution < -0.4 is 5.32 Å². The number of aliphatic hydroxyl groups excluding tert-OH is 1. The van der Waals surface area contributed by atoms with Crippen LogP contribution in [-0.2, 0) is 11.3 Å². The highest BCUT2D eigenvalue weighted by Crippen LogP contribution is 2.13. The van der Waals surface area contributed by atoms with E-state index >= 15 is 0 Å². The molecule has 0 aliphatic carbocycles. The molecule has 0 aliphatic heterocycles. The molecule has 4 nitrogen and oxygen atoms in total. The molecule has 2 aromatic rings. The third-order valence-electron chi connectivity index (χ3n) is 2.82. The summed E-state index contributed by atoms with van der Waals surface area (Å²) in [6, 6.07) is 8.52. The molecule has 0 radical (unpaired) electrons. The van der Waals surface area contributed by atoms with Gasteiger partial charge in [-0.2, -0.15) is 0 Å². The molecule has 0 fully saturated rings. The first kappa shape index (κ1) is 13.1. The maximum absolute atomic E-state index is 8.54. The van der Waals surface area contributed by atoms with Gasteiger partial charge in [0.1, 0.15) is 0 Å². The first-order valence-electron chi connectivity index (χ1n) is 6.35. The molecule has 1 heterocycles. The summed E-state index contributed by atoms with van der Waals surface area (Å²) in [5, 5.41) is 13.2. The minimum atomic E-state index is 0.101. The largest absolute Gasteiger partial charge is 0.394 e. The fourth-order valence-corrected chi connectivity index (χ4v) is 1.91. The van der Waals surface area contributed by atoms with Gasteiger partial charge < -0.3 is 20.1 Å². The van der Waals surface area contributed by atoms with E-state index in [1.54, 1.807) is 0 Å². The second-order valence-corrected chi connectivity index (χ2v) is 4.27. The number of aliphatic hydroxyl groups is 1. The molecule has 3 N–H and O–H groups in total. The summed E-state index contributed by atoms with van der Waals surface area (Å²) in [5.74, 6) is 0. The van der Waals surface area contributed by atoms with Gasteiger partial charge in [-0.25, -0.2) is 0 Å². The molecule has 1 aromatic carbocycles. The Hall–Kier alpha value is -1.36. The third kappa shape index (κ3) is 3.84. The lowest BCUT2D eigenvalue weighted by Crippen LogP contribution is -2.16. The molecule has 0 spiro atoms. The number of nitrogens with one attached hydrogen (secondary N) is 2. The van der Waals surface area contributed by atoms with Crippen molar-refractivity contribution in [3.63, 3.8) is 0 Å². The van der Waals surface area contributed by atoms with E-state index in [1.165, 1.54) is 16.5 Å². The number of hydrogen-bond acceptors (Lipinski definition) is 3. The normalized spacial score (nSPS) is 11.2. The fourth-order valence-electron chi connectivity index (χ4n) is 1.91. The smallest absolute Gasteiger partial charge is 0.0697 e. The van der Waals surface area contributed by atoms with Crippen molar-refractivity contribution in [2.75, 3.05) is 26.4 Å². The van der Waals surface area contributed by atoms with Crippen molar-refractivity contribution < 1.29 is 9.84 Å². The van der Waals surface area contributed by atoms with Crippen LogP contribution in [0.5, 0.6) is 0 Å². The van der Waals surface area contributed by atoms with E-state index in [1.807, 2.05) is 6.20 Å². The summed E-state index contributed by atoms with van der Waals surface area (Å²) in [7, 11) is 0. The van der Waals surface area contributed by atoms with Crippen molar-refractivity contribution in [3.8, 4) is 0 Å². The van der Waals surface area contributed by atoms with E-state index in [-0.39, 0.29) is 6.61 Å². The van der Waals surface area contributed by atoms with Crippen molar-refractivity contribution in [1.29, 1.82) is 0 Å². The van der Waals surface area contributed by atoms with Gasteiger partial charge in [0.15, 0.2) is 0 Å². The third-order valence-corrected chi connectivity index (χ3v) is 2.82. The highest BCUT2D eigenvalue weighted by Gasteiger charge is 1.97. The van der Waals surface area contributed by atoms with Crippen LogP contribution in [0.3, 0.4) is 0 Å². The number of benzene rings is 1. The van der Waals surface area contributed by atoms with E-state index in [4.69, 9.17) is 9.84 Å². The van der Waals surface area contributed by atoms with E-state index in [0.717, 1.165) is 19.5 Å². The van der Waals surface area contributed by atoms with Crippen molar-refractivity contribution in [2.45, 2.75) is 13.0 Å². The average molecular weight is 248 g/mol. The lowest BCUT2D eigenvalue weighted by Gasteiger charge is -2.05. The van der Waals surface area contributed by atoms with Crippen molar-refractivity contribution in [2.24, 2.45) is 0 Å². The van der Waals surface area contributed by atoms with Crippen LogP contribution in [0, 0.1) is 0 Å². The van der Waals surface area contributed by atoms with Gasteiger partial charge >= 0.3 is 0 Å². The first-order chi connectivity index (χ1) is 8.90. The molecule has 0 atom stereocenters. The van der Waals surface area contributed by atoms with Gasteiger partial charge in [0, 0.05) is 24.9 Å². The predicted octanol–water partition coefficient (Wildman–Crippen LogP) is 1.66. The quantitative estimate of drug-likeness (QED) is 0.623. The minimum Gasteiger partial charge on any atom is -0.394 e. The number of aromatic nitrogens is 1. The van der Waals surface area contributed by atoms with Crippen molar-refractivity contribution in [1.82, 2.24) is 10.3 Å². The lowest BCUT2D eigenvalue weighted by molar-refractivity contribution is 0.0907. The predicted molar refractivity (Wildman–Crippen MR) is 72.5 cm³/mol. The van der Waals surface area contributed by atoms with E-state index in [9.17, 15) is 0 Å². The number of rotatable bonds is 8. The lowest BCUT2D eigenvalue weighted by atomic mass is 10.1. The summed E-state index contributed by atoms with van der Waals surface area (Å²) in [4.78, 5) is 3.19. The number of hydrogen-bond donors (Lipinski definition) is 3. The second-order valence-electron chi connectivity index (χ2n) is 4.27. The Kier molecular flexibility index (Phi) is 5.20. The van der Waals surface area contributed by atoms with Gasteiger partial charge in [-0.1, -0.05) is 6.07 Å². The molecular weight excluding hydrogens is 228 g/mol. The number of ether oxygens (including phenoxy) is 1. The van der Waals surface area contributed by atoms with Crippen LogP contribution in [0.25, 0.3) is 10.9 Å². The minimum absolute atomic E-state index is 0.101. The van der Waals surface area contributed by atoms with Crippen LogP contribution in [0.4, 0.5) is 0 Å². The summed E-state index contributed by atoms with van der Waals surface area (Å²) in [6.45, 7) is 3.04. The van der Waals surface area contributed by atoms with Gasteiger partial charge in [0.05, 0.1) is 13.2 Å². The Bertz CT molecular complexity index is 468. The standard InChI is InChI=1S/C14H20N2O2/c17-7-9-18-8-1-5-15-11-12-2-3-14-13(10-12)4-6-16-14/h2-4,6,10,15-17H,1,5,7-9,11H2. The van der Waals surface area contributed by atoms with Gasteiger partial charge in [-0.05, 0) is 42.1 Å². The zero-order valence-corrected chi connectivity index (χ0v) is 10.5. The number of aromatic amines is 1. The van der Waals surface area contributed by atoms with Crippen molar-refractivity contribution in [3.05, 3.63) is 36.0 Å². The van der Waals surface area contributed by atoms with E-state index in [2.05, 4.69) is 34.6 Å². The summed E-state index contributed by atoms with van der Waals surface area (Å²) in [6.07, 6.45) is 2.92. The molecule has 0 saturated carbocycles. The van der Waals surface area contributed by atoms with Gasteiger partial charge in [-0.15, -0.1) is 0 Å². The van der Waals surface area contributed by atoms with Crippen LogP contribution in [0.15, 0.2) is 30.5 Å². The topological polar surface area (TPSA) is 57.3 Å². The SMILES string of the molecule is OCCOCCCNCc1ccc2[nH]ccc2c1. The molecule has 1 aromatic heterocycles. The maximum atomic E-state index is 8.54. The highest BCUT2D eigenvalue weighted by atomic mass is 16.5. The molecule has 98 valence electrons. The molecule has 0 unspecified atom stereocenters. The van der Waals surface area contributed by atoms with Crippen LogP contribution in [-0.4, -0.2) is 36.5 Å². The Morgan fingerprint density at radius 3 is 3.06 bits per heavy atom. The monoisotopic (exact) mass is 248 g/mol. The molecule has 4 heteroatoms. The zero-order chi connectivity index (χ0) is 12.6.